The largest absolute Gasteiger partial charge is 0.316 e. The molecule has 1 N–H and O–H groups in total. The first kappa shape index (κ1) is 14.6. The highest BCUT2D eigenvalue weighted by Gasteiger charge is 2.08. The highest BCUT2D eigenvalue weighted by atomic mass is 35.5. The van der Waals surface area contributed by atoms with Gasteiger partial charge in [0.25, 0.3) is 0 Å². The lowest BCUT2D eigenvalue weighted by Crippen LogP contribution is -2.05. The van der Waals surface area contributed by atoms with Crippen LogP contribution >= 0.6 is 12.4 Å². The van der Waals surface area contributed by atoms with Crippen LogP contribution in [0, 0.1) is 0 Å². The number of hydrogen-bond donors (Lipinski definition) is 1. The minimum Gasteiger partial charge on any atom is -0.316 e. The average Bonchev–Trinajstić information content (AvgIpc) is 2.86. The van der Waals surface area contributed by atoms with Gasteiger partial charge in [0.05, 0.1) is 6.20 Å². The highest BCUT2D eigenvalue weighted by Crippen LogP contribution is 2.30. The van der Waals surface area contributed by atoms with Crippen LogP contribution in [0.15, 0.2) is 48.8 Å². The Morgan fingerprint density at radius 2 is 1.85 bits per heavy atom. The lowest BCUT2D eigenvalue weighted by molar-refractivity contribution is 0.768. The van der Waals surface area contributed by atoms with Crippen molar-refractivity contribution in [2.45, 2.75) is 6.54 Å². The number of rotatable bonds is 3. The van der Waals surface area contributed by atoms with E-state index in [-0.39, 0.29) is 12.4 Å². The molecule has 0 amide bonds. The first-order chi connectivity index (χ1) is 9.29. The van der Waals surface area contributed by atoms with Crippen LogP contribution in [0.25, 0.3) is 21.9 Å². The molecule has 3 rings (SSSR count). The van der Waals surface area contributed by atoms with E-state index in [4.69, 9.17) is 0 Å². The Bertz CT molecular complexity index is 719. The molecule has 2 aromatic carbocycles. The molecule has 0 bridgehead atoms. The summed E-state index contributed by atoms with van der Waals surface area (Å²) in [6.45, 7) is 0.883. The van der Waals surface area contributed by atoms with Gasteiger partial charge in [-0.05, 0) is 28.9 Å². The Morgan fingerprint density at radius 3 is 2.50 bits per heavy atom. The molecule has 0 saturated carbocycles. The summed E-state index contributed by atoms with van der Waals surface area (Å²) >= 11 is 0. The monoisotopic (exact) mass is 287 g/mol. The minimum atomic E-state index is 0. The van der Waals surface area contributed by atoms with Crippen LogP contribution in [-0.2, 0) is 13.6 Å². The van der Waals surface area contributed by atoms with Gasteiger partial charge in [0, 0.05) is 25.4 Å². The van der Waals surface area contributed by atoms with Crippen molar-refractivity contribution in [2.75, 3.05) is 7.05 Å². The number of hydrogen-bond acceptors (Lipinski definition) is 2. The minimum absolute atomic E-state index is 0. The fourth-order valence-corrected chi connectivity index (χ4v) is 2.52. The standard InChI is InChI=1S/C16H17N3.ClH/c1-17-9-12-7-8-15(13-10-18-19(2)11-13)16-6-4-3-5-14(12)16;/h3-8,10-11,17H,9H2,1-2H3;1H. The summed E-state index contributed by atoms with van der Waals surface area (Å²) in [4.78, 5) is 0. The maximum atomic E-state index is 4.26. The molecular weight excluding hydrogens is 270 g/mol. The molecule has 0 fully saturated rings. The number of fused-ring (bicyclic) bond motifs is 1. The summed E-state index contributed by atoms with van der Waals surface area (Å²) < 4.78 is 1.84. The van der Waals surface area contributed by atoms with Crippen molar-refractivity contribution >= 4 is 23.2 Å². The molecule has 0 saturated heterocycles. The molecule has 0 aliphatic heterocycles. The van der Waals surface area contributed by atoms with Gasteiger partial charge in [0.15, 0.2) is 0 Å². The van der Waals surface area contributed by atoms with Gasteiger partial charge in [-0.2, -0.15) is 5.10 Å². The first-order valence-electron chi connectivity index (χ1n) is 6.44. The van der Waals surface area contributed by atoms with Crippen molar-refractivity contribution in [1.82, 2.24) is 15.1 Å². The molecule has 1 heterocycles. The first-order valence-corrected chi connectivity index (χ1v) is 6.44. The zero-order valence-electron chi connectivity index (χ0n) is 11.6. The zero-order chi connectivity index (χ0) is 13.2. The summed E-state index contributed by atoms with van der Waals surface area (Å²) in [6.07, 6.45) is 3.97. The fourth-order valence-electron chi connectivity index (χ4n) is 2.52. The van der Waals surface area contributed by atoms with Crippen molar-refractivity contribution < 1.29 is 0 Å². The van der Waals surface area contributed by atoms with Crippen molar-refractivity contribution in [3.05, 3.63) is 54.4 Å². The summed E-state index contributed by atoms with van der Waals surface area (Å²) in [7, 11) is 3.92. The van der Waals surface area contributed by atoms with Crippen LogP contribution in [0.5, 0.6) is 0 Å². The zero-order valence-corrected chi connectivity index (χ0v) is 12.4. The molecule has 0 aliphatic carbocycles. The SMILES string of the molecule is CNCc1ccc(-c2cnn(C)c2)c2ccccc12.Cl. The Morgan fingerprint density at radius 1 is 1.10 bits per heavy atom. The Balaban J connectivity index is 0.00000147. The Labute approximate surface area is 125 Å². The molecule has 20 heavy (non-hydrogen) atoms. The third kappa shape index (κ3) is 2.55. The smallest absolute Gasteiger partial charge is 0.0568 e. The van der Waals surface area contributed by atoms with E-state index in [1.807, 2.05) is 25.0 Å². The molecule has 1 aromatic heterocycles. The maximum absolute atomic E-state index is 4.26. The lowest BCUT2D eigenvalue weighted by atomic mass is 9.96. The van der Waals surface area contributed by atoms with E-state index in [1.165, 1.54) is 21.9 Å². The predicted molar refractivity (Wildman–Crippen MR) is 86.2 cm³/mol. The van der Waals surface area contributed by atoms with Crippen molar-refractivity contribution in [3.63, 3.8) is 0 Å². The molecule has 3 aromatic rings. The highest BCUT2D eigenvalue weighted by molar-refractivity contribution is 5.98. The summed E-state index contributed by atoms with van der Waals surface area (Å²) in [5, 5.41) is 10.1. The molecule has 0 unspecified atom stereocenters. The molecule has 0 radical (unpaired) electrons. The number of aromatic nitrogens is 2. The van der Waals surface area contributed by atoms with Gasteiger partial charge >= 0.3 is 0 Å². The molecular formula is C16H18ClN3. The Kier molecular flexibility index (Phi) is 4.42. The summed E-state index contributed by atoms with van der Waals surface area (Å²) in [5.74, 6) is 0. The van der Waals surface area contributed by atoms with Crippen LogP contribution in [0.3, 0.4) is 0 Å². The summed E-state index contributed by atoms with van der Waals surface area (Å²) in [6, 6.07) is 12.9. The van der Waals surface area contributed by atoms with E-state index in [2.05, 4.69) is 53.0 Å². The van der Waals surface area contributed by atoms with E-state index in [1.54, 1.807) is 0 Å². The lowest BCUT2D eigenvalue weighted by Gasteiger charge is -2.10. The summed E-state index contributed by atoms with van der Waals surface area (Å²) in [5.41, 5.74) is 3.73. The fraction of sp³-hybridized carbons (Fsp3) is 0.188. The third-order valence-electron chi connectivity index (χ3n) is 3.40. The van der Waals surface area contributed by atoms with E-state index >= 15 is 0 Å². The normalized spacial score (nSPS) is 10.5. The number of benzene rings is 2. The van der Waals surface area contributed by atoms with Gasteiger partial charge in [-0.3, -0.25) is 4.68 Å². The second kappa shape index (κ2) is 6.07. The number of aryl methyl sites for hydroxylation is 1. The number of nitrogens with zero attached hydrogens (tertiary/aromatic N) is 2. The average molecular weight is 288 g/mol. The van der Waals surface area contributed by atoms with Crippen LogP contribution in [0.1, 0.15) is 5.56 Å². The van der Waals surface area contributed by atoms with Gasteiger partial charge in [-0.1, -0.05) is 36.4 Å². The quantitative estimate of drug-likeness (QED) is 0.800. The van der Waals surface area contributed by atoms with Crippen molar-refractivity contribution in [2.24, 2.45) is 7.05 Å². The predicted octanol–water partition coefficient (Wildman–Crippen LogP) is 3.38. The van der Waals surface area contributed by atoms with E-state index in [9.17, 15) is 0 Å². The maximum Gasteiger partial charge on any atom is 0.0568 e. The van der Waals surface area contributed by atoms with E-state index < -0.39 is 0 Å². The van der Waals surface area contributed by atoms with Gasteiger partial charge < -0.3 is 5.32 Å². The van der Waals surface area contributed by atoms with Crippen LogP contribution in [0.2, 0.25) is 0 Å². The van der Waals surface area contributed by atoms with Crippen LogP contribution in [0.4, 0.5) is 0 Å². The number of halogens is 1. The van der Waals surface area contributed by atoms with Crippen LogP contribution in [-0.4, -0.2) is 16.8 Å². The van der Waals surface area contributed by atoms with Crippen molar-refractivity contribution in [3.8, 4) is 11.1 Å². The van der Waals surface area contributed by atoms with Gasteiger partial charge in [-0.15, -0.1) is 12.4 Å². The second-order valence-electron chi connectivity index (χ2n) is 4.75. The van der Waals surface area contributed by atoms with E-state index in [0.717, 1.165) is 12.1 Å². The molecule has 0 atom stereocenters. The third-order valence-corrected chi connectivity index (χ3v) is 3.40. The molecule has 104 valence electrons. The van der Waals surface area contributed by atoms with Gasteiger partial charge in [0.1, 0.15) is 0 Å². The number of nitrogens with one attached hydrogen (secondary N) is 1. The molecule has 0 spiro atoms. The van der Waals surface area contributed by atoms with Crippen LogP contribution < -0.4 is 5.32 Å². The van der Waals surface area contributed by atoms with Crippen molar-refractivity contribution in [1.29, 1.82) is 0 Å². The molecule has 0 aliphatic rings. The molecule has 3 nitrogen and oxygen atoms in total. The molecule has 4 heteroatoms. The second-order valence-corrected chi connectivity index (χ2v) is 4.75. The van der Waals surface area contributed by atoms with E-state index in [0.29, 0.717) is 0 Å². The Hall–Kier alpha value is -1.84. The van der Waals surface area contributed by atoms with Gasteiger partial charge in [-0.25, -0.2) is 0 Å². The topological polar surface area (TPSA) is 29.9 Å². The van der Waals surface area contributed by atoms with Gasteiger partial charge in [0.2, 0.25) is 0 Å².